The molecule has 0 aliphatic carbocycles. The predicted molar refractivity (Wildman–Crippen MR) is 112 cm³/mol. The molecule has 1 aromatic heterocycles. The van der Waals surface area contributed by atoms with Crippen LogP contribution in [0.15, 0.2) is 53.9 Å². The van der Waals surface area contributed by atoms with E-state index in [-0.39, 0.29) is 16.7 Å². The Kier molecular flexibility index (Phi) is 4.84. The molecule has 3 aromatic rings. The van der Waals surface area contributed by atoms with Crippen LogP contribution < -0.4 is 10.0 Å². The number of hydrogen-bond donors (Lipinski definition) is 2. The van der Waals surface area contributed by atoms with Crippen LogP contribution in [-0.2, 0) is 14.8 Å². The number of halogens is 1. The van der Waals surface area contributed by atoms with Crippen LogP contribution in [0.1, 0.15) is 30.4 Å². The Hall–Kier alpha value is -2.84. The summed E-state index contributed by atoms with van der Waals surface area (Å²) in [5.41, 5.74) is 2.97. The molecule has 0 spiro atoms. The minimum Gasteiger partial charge on any atom is -0.325 e. The second-order valence-corrected chi connectivity index (χ2v) is 9.18. The number of carbonyl (C=O) groups is 1. The number of hydrogen-bond acceptors (Lipinski definition) is 4. The second kappa shape index (κ2) is 7.20. The summed E-state index contributed by atoms with van der Waals surface area (Å²) in [6.07, 6.45) is 5.31. The molecule has 2 N–H and O–H groups in total. The van der Waals surface area contributed by atoms with E-state index in [0.717, 1.165) is 11.1 Å². The normalized spacial score (nSPS) is 16.2. The third kappa shape index (κ3) is 3.73. The highest BCUT2D eigenvalue weighted by molar-refractivity contribution is 7.92. The molecule has 1 amide bonds. The molecular formula is C20H19ClN4O3S. The Labute approximate surface area is 173 Å². The summed E-state index contributed by atoms with van der Waals surface area (Å²) < 4.78 is 30.6. The summed E-state index contributed by atoms with van der Waals surface area (Å²) in [4.78, 5) is 16.0. The minimum absolute atomic E-state index is 0.0437. The summed E-state index contributed by atoms with van der Waals surface area (Å²) >= 11 is 6.33. The van der Waals surface area contributed by atoms with Crippen LogP contribution in [-0.4, -0.2) is 23.9 Å². The molecule has 4 rings (SSSR count). The van der Waals surface area contributed by atoms with Gasteiger partial charge in [-0.25, -0.2) is 13.4 Å². The number of amides is 1. The summed E-state index contributed by atoms with van der Waals surface area (Å²) in [6, 6.07) is 8.34. The van der Waals surface area contributed by atoms with Gasteiger partial charge in [0.1, 0.15) is 4.90 Å². The standard InChI is InChI=1S/C20H19ClN4O3S/c1-12-7-15-13(2)9-19(26)23-20(15)18(8-12)29(27,28)24-14-3-4-17(16(21)10-14)25-6-5-22-11-25/h3-8,10-11,13,24H,9H2,1-2H3,(H,23,26). The molecule has 1 atom stereocenters. The molecule has 0 saturated heterocycles. The lowest BCUT2D eigenvalue weighted by molar-refractivity contribution is -0.116. The maximum absolute atomic E-state index is 13.1. The largest absolute Gasteiger partial charge is 0.325 e. The lowest BCUT2D eigenvalue weighted by Crippen LogP contribution is -2.25. The average molecular weight is 431 g/mol. The number of rotatable bonds is 4. The SMILES string of the molecule is Cc1cc2c(c(S(=O)(=O)Nc3ccc(-n4ccnc4)c(Cl)c3)c1)NC(=O)CC2C. The fourth-order valence-electron chi connectivity index (χ4n) is 3.48. The number of imidazole rings is 1. The molecule has 150 valence electrons. The van der Waals surface area contributed by atoms with Gasteiger partial charge in [-0.15, -0.1) is 0 Å². The molecule has 0 fully saturated rings. The molecule has 0 saturated carbocycles. The van der Waals surface area contributed by atoms with Crippen molar-refractivity contribution in [2.45, 2.75) is 31.1 Å². The average Bonchev–Trinajstić information content (AvgIpc) is 3.16. The second-order valence-electron chi connectivity index (χ2n) is 7.12. The lowest BCUT2D eigenvalue weighted by Gasteiger charge is -2.25. The summed E-state index contributed by atoms with van der Waals surface area (Å²) in [5.74, 6) is -0.255. The monoisotopic (exact) mass is 430 g/mol. The molecule has 1 aliphatic rings. The van der Waals surface area contributed by atoms with E-state index in [4.69, 9.17) is 11.6 Å². The van der Waals surface area contributed by atoms with Crippen molar-refractivity contribution in [1.29, 1.82) is 0 Å². The van der Waals surface area contributed by atoms with Crippen molar-refractivity contribution in [2.24, 2.45) is 0 Å². The van der Waals surface area contributed by atoms with Gasteiger partial charge in [-0.05, 0) is 48.2 Å². The molecule has 1 aliphatic heterocycles. The van der Waals surface area contributed by atoms with Crippen LogP contribution in [0, 0.1) is 6.92 Å². The number of aromatic nitrogens is 2. The Balaban J connectivity index is 1.72. The number of benzene rings is 2. The van der Waals surface area contributed by atoms with Gasteiger partial charge in [0.05, 0.1) is 28.4 Å². The molecule has 7 nitrogen and oxygen atoms in total. The highest BCUT2D eigenvalue weighted by atomic mass is 35.5. The van der Waals surface area contributed by atoms with E-state index in [2.05, 4.69) is 15.0 Å². The molecule has 2 heterocycles. The number of nitrogens with zero attached hydrogens (tertiary/aromatic N) is 2. The van der Waals surface area contributed by atoms with Gasteiger partial charge in [0.2, 0.25) is 5.91 Å². The summed E-state index contributed by atoms with van der Waals surface area (Å²) in [6.45, 7) is 3.74. The fraction of sp³-hybridized carbons (Fsp3) is 0.200. The van der Waals surface area contributed by atoms with Crippen molar-refractivity contribution in [3.8, 4) is 5.69 Å². The number of carbonyl (C=O) groups excluding carboxylic acids is 1. The Bertz CT molecular complexity index is 1210. The quantitative estimate of drug-likeness (QED) is 0.652. The Morgan fingerprint density at radius 2 is 2.07 bits per heavy atom. The van der Waals surface area contributed by atoms with Gasteiger partial charge in [0.25, 0.3) is 10.0 Å². The summed E-state index contributed by atoms with van der Waals surface area (Å²) in [7, 11) is -3.95. The van der Waals surface area contributed by atoms with Gasteiger partial charge in [0, 0.05) is 18.8 Å². The van der Waals surface area contributed by atoms with Crippen LogP contribution in [0.4, 0.5) is 11.4 Å². The maximum atomic E-state index is 13.1. The molecular weight excluding hydrogens is 412 g/mol. The van der Waals surface area contributed by atoms with Gasteiger partial charge >= 0.3 is 0 Å². The molecule has 0 bridgehead atoms. The van der Waals surface area contributed by atoms with Crippen molar-refractivity contribution in [3.63, 3.8) is 0 Å². The zero-order valence-corrected chi connectivity index (χ0v) is 17.4. The van der Waals surface area contributed by atoms with E-state index in [0.29, 0.717) is 28.5 Å². The molecule has 0 radical (unpaired) electrons. The number of nitrogens with one attached hydrogen (secondary N) is 2. The predicted octanol–water partition coefficient (Wildman–Crippen LogP) is 4.08. The number of anilines is 2. The lowest BCUT2D eigenvalue weighted by atomic mass is 9.91. The van der Waals surface area contributed by atoms with E-state index < -0.39 is 10.0 Å². The number of sulfonamides is 1. The van der Waals surface area contributed by atoms with Crippen LogP contribution in [0.25, 0.3) is 5.69 Å². The first-order chi connectivity index (χ1) is 13.7. The zero-order chi connectivity index (χ0) is 20.8. The topological polar surface area (TPSA) is 93.1 Å². The van der Waals surface area contributed by atoms with E-state index in [1.54, 1.807) is 41.5 Å². The van der Waals surface area contributed by atoms with Crippen LogP contribution in [0.5, 0.6) is 0 Å². The minimum atomic E-state index is -3.95. The van der Waals surface area contributed by atoms with E-state index in [9.17, 15) is 13.2 Å². The smallest absolute Gasteiger partial charge is 0.263 e. The first kappa shape index (κ1) is 19.5. The van der Waals surface area contributed by atoms with E-state index in [1.165, 1.54) is 6.07 Å². The van der Waals surface area contributed by atoms with Crippen LogP contribution >= 0.6 is 11.6 Å². The van der Waals surface area contributed by atoms with Gasteiger partial charge in [-0.1, -0.05) is 24.6 Å². The van der Waals surface area contributed by atoms with Gasteiger partial charge in [-0.3, -0.25) is 9.52 Å². The molecule has 29 heavy (non-hydrogen) atoms. The highest BCUT2D eigenvalue weighted by Crippen LogP contribution is 2.38. The Morgan fingerprint density at radius 3 is 2.76 bits per heavy atom. The molecule has 2 aromatic carbocycles. The zero-order valence-electron chi connectivity index (χ0n) is 15.8. The summed E-state index contributed by atoms with van der Waals surface area (Å²) in [5, 5.41) is 3.09. The third-order valence-corrected chi connectivity index (χ3v) is 6.54. The number of aryl methyl sites for hydroxylation is 1. The third-order valence-electron chi connectivity index (χ3n) is 4.84. The van der Waals surface area contributed by atoms with Crippen molar-refractivity contribution in [1.82, 2.24) is 9.55 Å². The van der Waals surface area contributed by atoms with Gasteiger partial charge < -0.3 is 9.88 Å². The van der Waals surface area contributed by atoms with Crippen molar-refractivity contribution < 1.29 is 13.2 Å². The first-order valence-corrected chi connectivity index (χ1v) is 10.9. The van der Waals surface area contributed by atoms with Crippen molar-refractivity contribution >= 4 is 38.9 Å². The van der Waals surface area contributed by atoms with Crippen LogP contribution in [0.3, 0.4) is 0 Å². The first-order valence-electron chi connectivity index (χ1n) is 8.99. The Morgan fingerprint density at radius 1 is 1.28 bits per heavy atom. The van der Waals surface area contributed by atoms with Crippen LogP contribution in [0.2, 0.25) is 5.02 Å². The highest BCUT2D eigenvalue weighted by Gasteiger charge is 2.29. The van der Waals surface area contributed by atoms with E-state index in [1.807, 2.05) is 19.9 Å². The molecule has 1 unspecified atom stereocenters. The van der Waals surface area contributed by atoms with Crippen molar-refractivity contribution in [3.05, 3.63) is 65.2 Å². The fourth-order valence-corrected chi connectivity index (χ4v) is 5.09. The van der Waals surface area contributed by atoms with E-state index >= 15 is 0 Å². The maximum Gasteiger partial charge on any atom is 0.263 e. The van der Waals surface area contributed by atoms with Crippen molar-refractivity contribution in [2.75, 3.05) is 10.0 Å². The number of fused-ring (bicyclic) bond motifs is 1. The van der Waals surface area contributed by atoms with Gasteiger partial charge in [0.15, 0.2) is 0 Å². The molecule has 9 heteroatoms. The van der Waals surface area contributed by atoms with Gasteiger partial charge in [-0.2, -0.15) is 0 Å².